The summed E-state index contributed by atoms with van der Waals surface area (Å²) in [6, 6.07) is 7.51. The number of hydrogen-bond acceptors (Lipinski definition) is 3. The Morgan fingerprint density at radius 2 is 2.23 bits per heavy atom. The minimum Gasteiger partial charge on any atom is -0.397 e. The Balaban J connectivity index is 2.54. The van der Waals surface area contributed by atoms with Crippen LogP contribution in [0, 0.1) is 5.92 Å². The topological polar surface area (TPSA) is 55.1 Å². The highest BCUT2D eigenvalue weighted by atomic mass is 16.1. The zero-order valence-electron chi connectivity index (χ0n) is 7.66. The number of rotatable bonds is 4. The predicted octanol–water partition coefficient (Wildman–Crippen LogP) is 1.52. The quantitative estimate of drug-likeness (QED) is 0.543. The number of nitrogens with one attached hydrogen (secondary N) is 1. The summed E-state index contributed by atoms with van der Waals surface area (Å²) in [6.45, 7) is 2.48. The lowest BCUT2D eigenvalue weighted by atomic mass is 10.2. The molecule has 0 saturated carbocycles. The first-order valence-electron chi connectivity index (χ1n) is 4.27. The fourth-order valence-corrected chi connectivity index (χ4v) is 0.977. The Kier molecular flexibility index (Phi) is 3.31. The third kappa shape index (κ3) is 2.78. The van der Waals surface area contributed by atoms with E-state index >= 15 is 0 Å². The van der Waals surface area contributed by atoms with Gasteiger partial charge in [0.2, 0.25) is 0 Å². The molecule has 0 saturated heterocycles. The van der Waals surface area contributed by atoms with Gasteiger partial charge in [-0.1, -0.05) is 19.1 Å². The average Bonchev–Trinajstić information content (AvgIpc) is 2.16. The maximum atomic E-state index is 10.3. The lowest BCUT2D eigenvalue weighted by molar-refractivity contribution is -0.110. The van der Waals surface area contributed by atoms with Crippen molar-refractivity contribution in [3.8, 4) is 0 Å². The molecule has 0 aliphatic heterocycles. The maximum Gasteiger partial charge on any atom is 0.124 e. The molecular weight excluding hydrogens is 164 g/mol. The van der Waals surface area contributed by atoms with E-state index in [2.05, 4.69) is 5.32 Å². The van der Waals surface area contributed by atoms with Gasteiger partial charge >= 0.3 is 0 Å². The highest BCUT2D eigenvalue weighted by Gasteiger charge is 2.00. The smallest absolute Gasteiger partial charge is 0.124 e. The Hall–Kier alpha value is -1.51. The van der Waals surface area contributed by atoms with Crippen LogP contribution in [0.25, 0.3) is 0 Å². The van der Waals surface area contributed by atoms with Gasteiger partial charge in [0.15, 0.2) is 0 Å². The van der Waals surface area contributed by atoms with Crippen LogP contribution in [0.15, 0.2) is 24.3 Å². The molecule has 0 spiro atoms. The van der Waals surface area contributed by atoms with Gasteiger partial charge in [-0.05, 0) is 12.1 Å². The predicted molar refractivity (Wildman–Crippen MR) is 54.6 cm³/mol. The van der Waals surface area contributed by atoms with Crippen molar-refractivity contribution < 1.29 is 4.79 Å². The van der Waals surface area contributed by atoms with Crippen molar-refractivity contribution >= 4 is 17.7 Å². The van der Waals surface area contributed by atoms with Crippen molar-refractivity contribution in [2.24, 2.45) is 5.92 Å². The normalized spacial score (nSPS) is 12.1. The monoisotopic (exact) mass is 178 g/mol. The van der Waals surface area contributed by atoms with Gasteiger partial charge in [0.1, 0.15) is 6.29 Å². The highest BCUT2D eigenvalue weighted by Crippen LogP contribution is 2.16. The standard InChI is InChI=1S/C10H14N2O/c1-8(7-13)6-12-10-5-3-2-4-9(10)11/h2-5,7-8,12H,6,11H2,1H3. The summed E-state index contributed by atoms with van der Waals surface area (Å²) in [6.07, 6.45) is 0.923. The zero-order chi connectivity index (χ0) is 9.68. The van der Waals surface area contributed by atoms with Gasteiger partial charge in [-0.2, -0.15) is 0 Å². The molecule has 1 rings (SSSR count). The van der Waals surface area contributed by atoms with Crippen LogP contribution < -0.4 is 11.1 Å². The maximum absolute atomic E-state index is 10.3. The molecular formula is C10H14N2O. The summed E-state index contributed by atoms with van der Waals surface area (Å²) in [4.78, 5) is 10.3. The average molecular weight is 178 g/mol. The van der Waals surface area contributed by atoms with Crippen LogP contribution in [0.2, 0.25) is 0 Å². The number of hydrogen-bond donors (Lipinski definition) is 2. The van der Waals surface area contributed by atoms with E-state index in [0.29, 0.717) is 12.2 Å². The first-order chi connectivity index (χ1) is 6.24. The number of nitrogen functional groups attached to an aromatic ring is 1. The number of nitrogens with two attached hydrogens (primary N) is 1. The van der Waals surface area contributed by atoms with Crippen LogP contribution in [0.4, 0.5) is 11.4 Å². The number of aldehydes is 1. The third-order valence-corrected chi connectivity index (χ3v) is 1.81. The largest absolute Gasteiger partial charge is 0.397 e. The molecule has 0 heterocycles. The van der Waals surface area contributed by atoms with E-state index in [9.17, 15) is 4.79 Å². The van der Waals surface area contributed by atoms with Gasteiger partial charge < -0.3 is 15.8 Å². The Morgan fingerprint density at radius 3 is 2.85 bits per heavy atom. The van der Waals surface area contributed by atoms with Crippen molar-refractivity contribution in [2.75, 3.05) is 17.6 Å². The van der Waals surface area contributed by atoms with E-state index < -0.39 is 0 Å². The van der Waals surface area contributed by atoms with Gasteiger partial charge in [0, 0.05) is 12.5 Å². The Bertz CT molecular complexity index is 286. The molecule has 0 aliphatic carbocycles. The second-order valence-corrected chi connectivity index (χ2v) is 3.08. The van der Waals surface area contributed by atoms with Crippen molar-refractivity contribution in [1.82, 2.24) is 0 Å². The molecule has 1 aromatic carbocycles. The molecule has 0 radical (unpaired) electrons. The fraction of sp³-hybridized carbons (Fsp3) is 0.300. The molecule has 13 heavy (non-hydrogen) atoms. The van der Waals surface area contributed by atoms with E-state index in [4.69, 9.17) is 5.73 Å². The molecule has 0 fully saturated rings. The molecule has 0 aromatic heterocycles. The van der Waals surface area contributed by atoms with Crippen molar-refractivity contribution in [2.45, 2.75) is 6.92 Å². The number of para-hydroxylation sites is 2. The van der Waals surface area contributed by atoms with Crippen molar-refractivity contribution in [3.63, 3.8) is 0 Å². The van der Waals surface area contributed by atoms with Crippen LogP contribution in [0.3, 0.4) is 0 Å². The number of carbonyl (C=O) groups is 1. The van der Waals surface area contributed by atoms with Crippen LogP contribution in [0.5, 0.6) is 0 Å². The number of carbonyl (C=O) groups excluding carboxylic acids is 1. The summed E-state index contributed by atoms with van der Waals surface area (Å²) >= 11 is 0. The second kappa shape index (κ2) is 4.50. The summed E-state index contributed by atoms with van der Waals surface area (Å²) in [5.74, 6) is 0.0135. The molecule has 1 atom stereocenters. The number of benzene rings is 1. The Morgan fingerprint density at radius 1 is 1.54 bits per heavy atom. The van der Waals surface area contributed by atoms with Crippen LogP contribution in [-0.4, -0.2) is 12.8 Å². The van der Waals surface area contributed by atoms with E-state index in [1.54, 1.807) is 0 Å². The SMILES string of the molecule is CC(C=O)CNc1ccccc1N. The summed E-state index contributed by atoms with van der Waals surface area (Å²) < 4.78 is 0. The van der Waals surface area contributed by atoms with Gasteiger partial charge in [-0.15, -0.1) is 0 Å². The van der Waals surface area contributed by atoms with Crippen molar-refractivity contribution in [3.05, 3.63) is 24.3 Å². The van der Waals surface area contributed by atoms with Crippen LogP contribution >= 0.6 is 0 Å². The minimum atomic E-state index is 0.0135. The van der Waals surface area contributed by atoms with E-state index in [1.807, 2.05) is 31.2 Å². The molecule has 1 aromatic rings. The zero-order valence-corrected chi connectivity index (χ0v) is 7.66. The first-order valence-corrected chi connectivity index (χ1v) is 4.27. The fourth-order valence-electron chi connectivity index (χ4n) is 0.977. The number of anilines is 2. The second-order valence-electron chi connectivity index (χ2n) is 3.08. The molecule has 0 amide bonds. The van der Waals surface area contributed by atoms with Gasteiger partial charge in [-0.25, -0.2) is 0 Å². The Labute approximate surface area is 77.9 Å². The van der Waals surface area contributed by atoms with Gasteiger partial charge in [0.05, 0.1) is 11.4 Å². The highest BCUT2D eigenvalue weighted by molar-refractivity contribution is 5.66. The summed E-state index contributed by atoms with van der Waals surface area (Å²) in [5, 5.41) is 3.11. The van der Waals surface area contributed by atoms with E-state index in [0.717, 1.165) is 12.0 Å². The summed E-state index contributed by atoms with van der Waals surface area (Å²) in [7, 11) is 0. The van der Waals surface area contributed by atoms with Crippen LogP contribution in [-0.2, 0) is 4.79 Å². The van der Waals surface area contributed by atoms with Gasteiger partial charge in [0.25, 0.3) is 0 Å². The molecule has 0 aliphatic rings. The van der Waals surface area contributed by atoms with Gasteiger partial charge in [-0.3, -0.25) is 0 Å². The first kappa shape index (κ1) is 9.58. The van der Waals surface area contributed by atoms with E-state index in [-0.39, 0.29) is 5.92 Å². The molecule has 3 N–H and O–H groups in total. The molecule has 70 valence electrons. The van der Waals surface area contributed by atoms with Crippen molar-refractivity contribution in [1.29, 1.82) is 0 Å². The molecule has 3 nitrogen and oxygen atoms in total. The lowest BCUT2D eigenvalue weighted by Gasteiger charge is -2.09. The minimum absolute atomic E-state index is 0.0135. The molecule has 1 unspecified atom stereocenters. The lowest BCUT2D eigenvalue weighted by Crippen LogP contribution is -2.12. The van der Waals surface area contributed by atoms with Crippen LogP contribution in [0.1, 0.15) is 6.92 Å². The van der Waals surface area contributed by atoms with E-state index in [1.165, 1.54) is 0 Å². The molecule has 0 bridgehead atoms. The molecule has 3 heteroatoms. The third-order valence-electron chi connectivity index (χ3n) is 1.81. The summed E-state index contributed by atoms with van der Waals surface area (Å²) in [5.41, 5.74) is 7.29.